The minimum atomic E-state index is -0.655. The predicted octanol–water partition coefficient (Wildman–Crippen LogP) is 4.06. The molecule has 0 N–H and O–H groups in total. The van der Waals surface area contributed by atoms with E-state index < -0.39 is 11.9 Å². The van der Waals surface area contributed by atoms with Crippen LogP contribution in [0.3, 0.4) is 0 Å². The summed E-state index contributed by atoms with van der Waals surface area (Å²) in [6.45, 7) is 6.25. The normalized spacial score (nSPS) is 10.8. The van der Waals surface area contributed by atoms with E-state index in [9.17, 15) is 9.59 Å². The third kappa shape index (κ3) is 8.36. The molecule has 5 heteroatoms. The van der Waals surface area contributed by atoms with Gasteiger partial charge in [-0.15, -0.1) is 0 Å². The van der Waals surface area contributed by atoms with E-state index in [1.54, 1.807) is 24.3 Å². The van der Waals surface area contributed by atoms with Gasteiger partial charge in [0.1, 0.15) is 0 Å². The van der Waals surface area contributed by atoms with Crippen LogP contribution in [0.25, 0.3) is 0 Å². The maximum atomic E-state index is 11.8. The Morgan fingerprint density at radius 2 is 1.67 bits per heavy atom. The van der Waals surface area contributed by atoms with Crippen LogP contribution in [0.15, 0.2) is 36.4 Å². The van der Waals surface area contributed by atoms with Gasteiger partial charge in [-0.05, 0) is 32.4 Å². The quantitative estimate of drug-likeness (QED) is 0.279. The number of para-hydroxylation sites is 2. The lowest BCUT2D eigenvalue weighted by molar-refractivity contribution is -0.138. The van der Waals surface area contributed by atoms with Gasteiger partial charge >= 0.3 is 11.9 Å². The number of benzene rings is 1. The van der Waals surface area contributed by atoms with Crippen LogP contribution in [-0.4, -0.2) is 24.6 Å². The molecule has 0 aliphatic rings. The molecule has 5 nitrogen and oxygen atoms in total. The minimum Gasteiger partial charge on any atom is -0.487 e. The Morgan fingerprint density at radius 3 is 2.33 bits per heavy atom. The van der Waals surface area contributed by atoms with Crippen LogP contribution >= 0.6 is 0 Å². The summed E-state index contributed by atoms with van der Waals surface area (Å²) < 4.78 is 15.8. The summed E-state index contributed by atoms with van der Waals surface area (Å²) in [5.41, 5.74) is 0. The zero-order valence-corrected chi connectivity index (χ0v) is 14.6. The molecule has 1 aromatic carbocycles. The summed E-state index contributed by atoms with van der Waals surface area (Å²) in [5.74, 6) is -0.408. The molecule has 0 aromatic heterocycles. The molecule has 0 atom stereocenters. The minimum absolute atomic E-state index is 0.0388. The number of carbonyl (C=O) groups is 2. The maximum Gasteiger partial charge on any atom is 0.336 e. The molecule has 1 rings (SSSR count). The van der Waals surface area contributed by atoms with Crippen LogP contribution in [0.4, 0.5) is 0 Å². The van der Waals surface area contributed by atoms with Gasteiger partial charge in [0.15, 0.2) is 11.5 Å². The van der Waals surface area contributed by atoms with Crippen molar-refractivity contribution < 1.29 is 23.8 Å². The Bertz CT molecular complexity index is 548. The van der Waals surface area contributed by atoms with Gasteiger partial charge in [0.05, 0.1) is 12.7 Å². The summed E-state index contributed by atoms with van der Waals surface area (Å²) in [7, 11) is 0. The van der Waals surface area contributed by atoms with Gasteiger partial charge in [-0.2, -0.15) is 0 Å². The Kier molecular flexibility index (Phi) is 9.27. The third-order valence-corrected chi connectivity index (χ3v) is 3.02. The van der Waals surface area contributed by atoms with Crippen LogP contribution < -0.4 is 9.47 Å². The van der Waals surface area contributed by atoms with E-state index in [0.29, 0.717) is 18.1 Å². The summed E-state index contributed by atoms with van der Waals surface area (Å²) in [5, 5.41) is 0. The molecule has 0 unspecified atom stereocenters. The molecule has 0 saturated carbocycles. The lowest BCUT2D eigenvalue weighted by atomic mass is 10.2. The van der Waals surface area contributed by atoms with Crippen LogP contribution in [-0.2, 0) is 14.3 Å². The number of unbranched alkanes of at least 4 members (excludes halogenated alkanes) is 3. The molecule has 0 fully saturated rings. The monoisotopic (exact) mass is 334 g/mol. The van der Waals surface area contributed by atoms with Gasteiger partial charge in [-0.25, -0.2) is 9.59 Å². The molecule has 1 aromatic rings. The summed E-state index contributed by atoms with van der Waals surface area (Å²) in [6.07, 6.45) is 6.21. The molecule has 0 spiro atoms. The standard InChI is InChI=1S/C19H26O5/c1-4-5-6-9-14-22-18(20)12-13-19(21)24-17-11-8-7-10-16(17)23-15(2)3/h7-8,10-13,15H,4-6,9,14H2,1-3H3/b13-12+. The molecule has 0 saturated heterocycles. The van der Waals surface area contributed by atoms with E-state index in [-0.39, 0.29) is 6.10 Å². The van der Waals surface area contributed by atoms with Gasteiger partial charge in [-0.1, -0.05) is 38.3 Å². The lowest BCUT2D eigenvalue weighted by Crippen LogP contribution is -2.10. The van der Waals surface area contributed by atoms with Gasteiger partial charge < -0.3 is 14.2 Å². The molecule has 0 bridgehead atoms. The molecule has 0 aliphatic heterocycles. The molecule has 24 heavy (non-hydrogen) atoms. The van der Waals surface area contributed by atoms with Crippen LogP contribution in [0.2, 0.25) is 0 Å². The van der Waals surface area contributed by atoms with Crippen molar-refractivity contribution in [2.75, 3.05) is 6.61 Å². The second-order valence-corrected chi connectivity index (χ2v) is 5.60. The Hall–Kier alpha value is -2.30. The molecular formula is C19H26O5. The highest BCUT2D eigenvalue weighted by atomic mass is 16.6. The van der Waals surface area contributed by atoms with Crippen molar-refractivity contribution in [3.63, 3.8) is 0 Å². The zero-order valence-electron chi connectivity index (χ0n) is 14.6. The highest BCUT2D eigenvalue weighted by Crippen LogP contribution is 2.27. The van der Waals surface area contributed by atoms with Gasteiger partial charge in [0, 0.05) is 12.2 Å². The average Bonchev–Trinajstić information content (AvgIpc) is 2.54. The van der Waals surface area contributed by atoms with Crippen molar-refractivity contribution >= 4 is 11.9 Å². The number of hydrogen-bond acceptors (Lipinski definition) is 5. The molecule has 132 valence electrons. The highest BCUT2D eigenvalue weighted by molar-refractivity contribution is 5.92. The molecular weight excluding hydrogens is 308 g/mol. The van der Waals surface area contributed by atoms with Crippen molar-refractivity contribution in [2.24, 2.45) is 0 Å². The van der Waals surface area contributed by atoms with Crippen LogP contribution in [0, 0.1) is 0 Å². The van der Waals surface area contributed by atoms with Gasteiger partial charge in [0.25, 0.3) is 0 Å². The second kappa shape index (κ2) is 11.3. The number of ether oxygens (including phenoxy) is 3. The van der Waals surface area contributed by atoms with E-state index in [0.717, 1.165) is 37.8 Å². The van der Waals surface area contributed by atoms with Crippen LogP contribution in [0.5, 0.6) is 11.5 Å². The molecule has 0 aliphatic carbocycles. The predicted molar refractivity (Wildman–Crippen MR) is 92.1 cm³/mol. The topological polar surface area (TPSA) is 61.8 Å². The van der Waals surface area contributed by atoms with Crippen LogP contribution in [0.1, 0.15) is 46.5 Å². The number of hydrogen-bond donors (Lipinski definition) is 0. The molecule has 0 radical (unpaired) electrons. The number of esters is 2. The lowest BCUT2D eigenvalue weighted by Gasteiger charge is -2.13. The van der Waals surface area contributed by atoms with Crippen molar-refractivity contribution in [3.05, 3.63) is 36.4 Å². The fourth-order valence-electron chi connectivity index (χ4n) is 1.91. The van der Waals surface area contributed by atoms with Gasteiger partial charge in [0.2, 0.25) is 0 Å². The smallest absolute Gasteiger partial charge is 0.336 e. The summed E-state index contributed by atoms with van der Waals surface area (Å²) >= 11 is 0. The number of carbonyl (C=O) groups excluding carboxylic acids is 2. The number of rotatable bonds is 10. The van der Waals surface area contributed by atoms with E-state index in [2.05, 4.69) is 6.92 Å². The van der Waals surface area contributed by atoms with E-state index >= 15 is 0 Å². The van der Waals surface area contributed by atoms with Crippen molar-refractivity contribution in [1.82, 2.24) is 0 Å². The Morgan fingerprint density at radius 1 is 1.00 bits per heavy atom. The first kappa shape index (κ1) is 19.7. The second-order valence-electron chi connectivity index (χ2n) is 5.60. The van der Waals surface area contributed by atoms with Gasteiger partial charge in [-0.3, -0.25) is 0 Å². The largest absolute Gasteiger partial charge is 0.487 e. The first-order chi connectivity index (χ1) is 11.5. The Labute approximate surface area is 143 Å². The summed E-state index contributed by atoms with van der Waals surface area (Å²) in [4.78, 5) is 23.3. The van der Waals surface area contributed by atoms with E-state index in [1.807, 2.05) is 13.8 Å². The van der Waals surface area contributed by atoms with Crippen molar-refractivity contribution in [2.45, 2.75) is 52.6 Å². The maximum absolute atomic E-state index is 11.8. The average molecular weight is 334 g/mol. The Balaban J connectivity index is 2.44. The van der Waals surface area contributed by atoms with E-state index in [1.165, 1.54) is 0 Å². The molecule has 0 heterocycles. The fraction of sp³-hybridized carbons (Fsp3) is 0.474. The highest BCUT2D eigenvalue weighted by Gasteiger charge is 2.09. The SMILES string of the molecule is CCCCCCOC(=O)/C=C/C(=O)Oc1ccccc1OC(C)C. The van der Waals surface area contributed by atoms with Crippen molar-refractivity contribution in [1.29, 1.82) is 0 Å². The summed E-state index contributed by atoms with van der Waals surface area (Å²) in [6, 6.07) is 6.89. The first-order valence-corrected chi connectivity index (χ1v) is 8.35. The first-order valence-electron chi connectivity index (χ1n) is 8.35. The van der Waals surface area contributed by atoms with E-state index in [4.69, 9.17) is 14.2 Å². The fourth-order valence-corrected chi connectivity index (χ4v) is 1.91. The third-order valence-electron chi connectivity index (χ3n) is 3.02. The van der Waals surface area contributed by atoms with Crippen molar-refractivity contribution in [3.8, 4) is 11.5 Å². The molecule has 0 amide bonds. The zero-order chi connectivity index (χ0) is 17.8.